The third-order valence-electron chi connectivity index (χ3n) is 3.17. The second kappa shape index (κ2) is 6.75. The Morgan fingerprint density at radius 1 is 1.40 bits per heavy atom. The van der Waals surface area contributed by atoms with Crippen LogP contribution in [0, 0.1) is 0 Å². The minimum absolute atomic E-state index is 0.0266. The molecule has 0 saturated carbocycles. The molecule has 0 aliphatic carbocycles. The number of carbonyl (C=O) groups excluding carboxylic acids is 1. The molecule has 0 aliphatic rings. The van der Waals surface area contributed by atoms with Crippen molar-refractivity contribution in [2.24, 2.45) is 0 Å². The zero-order valence-corrected chi connectivity index (χ0v) is 12.7. The van der Waals surface area contributed by atoms with E-state index in [9.17, 15) is 9.59 Å². The predicted molar refractivity (Wildman–Crippen MR) is 79.0 cm³/mol. The molecule has 1 rings (SSSR count). The van der Waals surface area contributed by atoms with Gasteiger partial charge in [0.15, 0.2) is 0 Å². The fourth-order valence-electron chi connectivity index (χ4n) is 1.85. The number of amides is 1. The number of hydrogen-bond donors (Lipinski definition) is 2. The molecule has 1 unspecified atom stereocenters. The number of halogens is 1. The number of carboxylic acid groups (broad SMARTS) is 1. The lowest BCUT2D eigenvalue weighted by Crippen LogP contribution is -2.45. The van der Waals surface area contributed by atoms with E-state index in [1.807, 2.05) is 19.9 Å². The van der Waals surface area contributed by atoms with Gasteiger partial charge in [0.25, 0.3) is 0 Å². The van der Waals surface area contributed by atoms with Crippen LogP contribution in [0.25, 0.3) is 0 Å². The van der Waals surface area contributed by atoms with Gasteiger partial charge in [0.2, 0.25) is 5.91 Å². The number of nitrogens with one attached hydrogen (secondary N) is 1. The maximum Gasteiger partial charge on any atom is 0.303 e. The standard InChI is InChI=1S/C15H20ClNO3/c1-10(11-5-4-6-12(16)9-11)14(20)17-15(2,3)8-7-13(18)19/h4-6,9-10H,7-8H2,1-3H3,(H,17,20)(H,18,19). The van der Waals surface area contributed by atoms with E-state index in [2.05, 4.69) is 5.32 Å². The number of benzene rings is 1. The lowest BCUT2D eigenvalue weighted by molar-refractivity contribution is -0.137. The van der Waals surface area contributed by atoms with Crippen molar-refractivity contribution in [3.8, 4) is 0 Å². The van der Waals surface area contributed by atoms with E-state index in [4.69, 9.17) is 16.7 Å². The highest BCUT2D eigenvalue weighted by atomic mass is 35.5. The molecule has 1 aromatic carbocycles. The number of aliphatic carboxylic acids is 1. The van der Waals surface area contributed by atoms with Gasteiger partial charge in [0, 0.05) is 17.0 Å². The molecule has 5 heteroatoms. The molecule has 0 radical (unpaired) electrons. The summed E-state index contributed by atoms with van der Waals surface area (Å²) in [7, 11) is 0. The Balaban J connectivity index is 2.68. The first-order chi connectivity index (χ1) is 9.21. The summed E-state index contributed by atoms with van der Waals surface area (Å²) in [6, 6.07) is 7.17. The fraction of sp³-hybridized carbons (Fsp3) is 0.467. The van der Waals surface area contributed by atoms with Crippen molar-refractivity contribution in [3.05, 3.63) is 34.9 Å². The van der Waals surface area contributed by atoms with Crippen LogP contribution in [0.15, 0.2) is 24.3 Å². The van der Waals surface area contributed by atoms with Crippen LogP contribution in [-0.2, 0) is 9.59 Å². The maximum atomic E-state index is 12.2. The van der Waals surface area contributed by atoms with E-state index in [1.54, 1.807) is 25.1 Å². The van der Waals surface area contributed by atoms with E-state index in [1.165, 1.54) is 0 Å². The first-order valence-electron chi connectivity index (χ1n) is 6.50. The lowest BCUT2D eigenvalue weighted by atomic mass is 9.95. The Hall–Kier alpha value is -1.55. The third kappa shape index (κ3) is 5.21. The smallest absolute Gasteiger partial charge is 0.303 e. The summed E-state index contributed by atoms with van der Waals surface area (Å²) in [6.45, 7) is 5.44. The molecule has 0 bridgehead atoms. The van der Waals surface area contributed by atoms with Gasteiger partial charge in [-0.05, 0) is 44.9 Å². The van der Waals surface area contributed by atoms with Crippen molar-refractivity contribution < 1.29 is 14.7 Å². The van der Waals surface area contributed by atoms with Gasteiger partial charge in [0.05, 0.1) is 5.92 Å². The normalized spacial score (nSPS) is 12.8. The summed E-state index contributed by atoms with van der Waals surface area (Å²) >= 11 is 5.91. The molecule has 0 heterocycles. The molecule has 0 saturated heterocycles. The SMILES string of the molecule is CC(C(=O)NC(C)(C)CCC(=O)O)c1cccc(Cl)c1. The monoisotopic (exact) mass is 297 g/mol. The van der Waals surface area contributed by atoms with Crippen molar-refractivity contribution in [1.82, 2.24) is 5.32 Å². The Bertz CT molecular complexity index is 500. The summed E-state index contributed by atoms with van der Waals surface area (Å²) in [5.41, 5.74) is 0.284. The zero-order valence-electron chi connectivity index (χ0n) is 11.9. The number of carbonyl (C=O) groups is 2. The van der Waals surface area contributed by atoms with E-state index < -0.39 is 11.5 Å². The molecular formula is C15H20ClNO3. The van der Waals surface area contributed by atoms with Gasteiger partial charge in [-0.3, -0.25) is 9.59 Å². The highest BCUT2D eigenvalue weighted by molar-refractivity contribution is 6.30. The third-order valence-corrected chi connectivity index (χ3v) is 3.40. The Labute approximate surface area is 124 Å². The van der Waals surface area contributed by atoms with Crippen LogP contribution in [-0.4, -0.2) is 22.5 Å². The first kappa shape index (κ1) is 16.5. The largest absolute Gasteiger partial charge is 0.481 e. The average molecular weight is 298 g/mol. The van der Waals surface area contributed by atoms with Crippen molar-refractivity contribution in [1.29, 1.82) is 0 Å². The van der Waals surface area contributed by atoms with Crippen LogP contribution in [0.1, 0.15) is 45.1 Å². The Kier molecular flexibility index (Phi) is 5.57. The van der Waals surface area contributed by atoms with Crippen molar-refractivity contribution in [3.63, 3.8) is 0 Å². The van der Waals surface area contributed by atoms with Gasteiger partial charge in [-0.1, -0.05) is 23.7 Å². The highest BCUT2D eigenvalue weighted by Crippen LogP contribution is 2.21. The number of carboxylic acids is 1. The number of rotatable bonds is 6. The second-order valence-electron chi connectivity index (χ2n) is 5.54. The predicted octanol–water partition coefficient (Wildman–Crippen LogP) is 3.20. The molecule has 0 fully saturated rings. The van der Waals surface area contributed by atoms with E-state index >= 15 is 0 Å². The summed E-state index contributed by atoms with van der Waals surface area (Å²) in [4.78, 5) is 22.8. The molecule has 1 amide bonds. The average Bonchev–Trinajstić information content (AvgIpc) is 2.35. The van der Waals surface area contributed by atoms with Gasteiger partial charge < -0.3 is 10.4 Å². The van der Waals surface area contributed by atoms with Gasteiger partial charge in [-0.25, -0.2) is 0 Å². The molecule has 4 nitrogen and oxygen atoms in total. The van der Waals surface area contributed by atoms with Crippen LogP contribution in [0.4, 0.5) is 0 Å². The van der Waals surface area contributed by atoms with E-state index in [-0.39, 0.29) is 18.2 Å². The molecule has 1 aromatic rings. The Morgan fingerprint density at radius 2 is 2.05 bits per heavy atom. The van der Waals surface area contributed by atoms with Gasteiger partial charge in [-0.2, -0.15) is 0 Å². The zero-order chi connectivity index (χ0) is 15.3. The van der Waals surface area contributed by atoms with Crippen LogP contribution < -0.4 is 5.32 Å². The quantitative estimate of drug-likeness (QED) is 0.847. The summed E-state index contributed by atoms with van der Waals surface area (Å²) in [6.07, 6.45) is 0.412. The van der Waals surface area contributed by atoms with Crippen LogP contribution in [0.2, 0.25) is 5.02 Å². The van der Waals surface area contributed by atoms with Crippen LogP contribution in [0.3, 0.4) is 0 Å². The molecule has 1 atom stereocenters. The Morgan fingerprint density at radius 3 is 2.60 bits per heavy atom. The van der Waals surface area contributed by atoms with Crippen LogP contribution in [0.5, 0.6) is 0 Å². The van der Waals surface area contributed by atoms with E-state index in [0.29, 0.717) is 11.4 Å². The molecule has 0 spiro atoms. The van der Waals surface area contributed by atoms with Crippen LogP contribution >= 0.6 is 11.6 Å². The van der Waals surface area contributed by atoms with Gasteiger partial charge in [0.1, 0.15) is 0 Å². The maximum absolute atomic E-state index is 12.2. The second-order valence-corrected chi connectivity index (χ2v) is 5.98. The molecular weight excluding hydrogens is 278 g/mol. The van der Waals surface area contributed by atoms with Crippen molar-refractivity contribution in [2.75, 3.05) is 0 Å². The molecule has 110 valence electrons. The van der Waals surface area contributed by atoms with Crippen molar-refractivity contribution >= 4 is 23.5 Å². The molecule has 0 aliphatic heterocycles. The molecule has 0 aromatic heterocycles. The molecule has 20 heavy (non-hydrogen) atoms. The summed E-state index contributed by atoms with van der Waals surface area (Å²) < 4.78 is 0. The van der Waals surface area contributed by atoms with Crippen molar-refractivity contribution in [2.45, 2.75) is 45.1 Å². The minimum atomic E-state index is -0.866. The topological polar surface area (TPSA) is 66.4 Å². The lowest BCUT2D eigenvalue weighted by Gasteiger charge is -2.27. The highest BCUT2D eigenvalue weighted by Gasteiger charge is 2.25. The van der Waals surface area contributed by atoms with E-state index in [0.717, 1.165) is 5.56 Å². The van der Waals surface area contributed by atoms with Gasteiger partial charge in [-0.15, -0.1) is 0 Å². The number of hydrogen-bond acceptors (Lipinski definition) is 2. The summed E-state index contributed by atoms with van der Waals surface area (Å²) in [5.74, 6) is -1.34. The molecule has 2 N–H and O–H groups in total. The fourth-order valence-corrected chi connectivity index (χ4v) is 2.05. The minimum Gasteiger partial charge on any atom is -0.481 e. The summed E-state index contributed by atoms with van der Waals surface area (Å²) in [5, 5.41) is 12.2. The van der Waals surface area contributed by atoms with Gasteiger partial charge >= 0.3 is 5.97 Å². The first-order valence-corrected chi connectivity index (χ1v) is 6.88.